The maximum Gasteiger partial charge on any atom is 0.243 e. The van der Waals surface area contributed by atoms with Gasteiger partial charge in [0.25, 0.3) is 0 Å². The summed E-state index contributed by atoms with van der Waals surface area (Å²) in [7, 11) is 0. The first kappa shape index (κ1) is 25.9. The number of nitrogens with one attached hydrogen (secondary N) is 6. The SMILES string of the molecule is O=C1CNC(=O)[C@H](CS)NC(=O)CNC(=O)[C@H](CS)NC(=O)CNC(=O)[C@H](CS)N1. The first-order valence-corrected chi connectivity index (χ1v) is 10.6. The van der Waals surface area contributed by atoms with Crippen molar-refractivity contribution in [3.63, 3.8) is 0 Å². The lowest BCUT2D eigenvalue weighted by atomic mass is 10.2. The molecular formula is C15H24N6O6S3. The zero-order chi connectivity index (χ0) is 22.7. The second-order valence-corrected chi connectivity index (χ2v) is 7.16. The number of rotatable bonds is 3. The fourth-order valence-corrected chi connectivity index (χ4v) is 2.96. The summed E-state index contributed by atoms with van der Waals surface area (Å²) in [4.78, 5) is 72.4. The molecule has 30 heavy (non-hydrogen) atoms. The predicted molar refractivity (Wildman–Crippen MR) is 116 cm³/mol. The van der Waals surface area contributed by atoms with E-state index >= 15 is 0 Å². The van der Waals surface area contributed by atoms with Gasteiger partial charge < -0.3 is 31.9 Å². The minimum Gasteiger partial charge on any atom is -0.345 e. The number of hydrogen-bond donors (Lipinski definition) is 9. The number of thiol groups is 3. The first-order chi connectivity index (χ1) is 14.2. The third-order valence-corrected chi connectivity index (χ3v) is 4.87. The second kappa shape index (κ2) is 13.2. The number of carbonyl (C=O) groups excluding carboxylic acids is 6. The highest BCUT2D eigenvalue weighted by molar-refractivity contribution is 7.80. The summed E-state index contributed by atoms with van der Waals surface area (Å²) in [6.07, 6.45) is 0. The Balaban J connectivity index is 2.95. The molecule has 6 amide bonds. The maximum absolute atomic E-state index is 12.1. The molecule has 168 valence electrons. The number of hydrogen-bond acceptors (Lipinski definition) is 9. The largest absolute Gasteiger partial charge is 0.345 e. The van der Waals surface area contributed by atoms with Gasteiger partial charge in [0.15, 0.2) is 0 Å². The van der Waals surface area contributed by atoms with E-state index in [0.29, 0.717) is 0 Å². The lowest BCUT2D eigenvalue weighted by molar-refractivity contribution is -0.133. The Bertz CT molecular complexity index is 603. The molecule has 1 heterocycles. The van der Waals surface area contributed by atoms with E-state index < -0.39 is 73.2 Å². The van der Waals surface area contributed by atoms with Gasteiger partial charge in [-0.05, 0) is 0 Å². The van der Waals surface area contributed by atoms with Crippen LogP contribution in [-0.4, -0.2) is 90.5 Å². The zero-order valence-corrected chi connectivity index (χ0v) is 18.4. The lowest BCUT2D eigenvalue weighted by Crippen LogP contribution is -2.56. The third-order valence-electron chi connectivity index (χ3n) is 3.77. The predicted octanol–water partition coefficient (Wildman–Crippen LogP) is -4.41. The molecule has 15 heteroatoms. The van der Waals surface area contributed by atoms with Gasteiger partial charge in [-0.2, -0.15) is 37.9 Å². The van der Waals surface area contributed by atoms with Crippen LogP contribution in [0, 0.1) is 0 Å². The molecule has 0 bridgehead atoms. The Hall–Kier alpha value is -2.13. The van der Waals surface area contributed by atoms with E-state index in [2.05, 4.69) is 69.8 Å². The van der Waals surface area contributed by atoms with Gasteiger partial charge >= 0.3 is 0 Å². The molecule has 1 rings (SSSR count). The standard InChI is InChI=1S/C15H24N6O6S3/c22-10-1-16-13(25)7(4-28)20-11(23)2-18-15(27)9(6-30)21-12(24)3-17-14(26)8(5-29)19-10/h7-9,28-30H,1-6H2,(H,16,25)(H,17,26)(H,18,27)(H,19,22)(H,20,23)(H,21,24)/t7-,8-,9-/m0/s1. The van der Waals surface area contributed by atoms with Crippen molar-refractivity contribution in [1.29, 1.82) is 0 Å². The molecule has 0 unspecified atom stereocenters. The molecule has 0 radical (unpaired) electrons. The van der Waals surface area contributed by atoms with Crippen molar-refractivity contribution in [3.8, 4) is 0 Å². The van der Waals surface area contributed by atoms with Crippen LogP contribution in [0.4, 0.5) is 0 Å². The smallest absolute Gasteiger partial charge is 0.243 e. The van der Waals surface area contributed by atoms with Crippen LogP contribution in [0.25, 0.3) is 0 Å². The Labute approximate surface area is 189 Å². The average molecular weight is 481 g/mol. The maximum atomic E-state index is 12.1. The molecule has 0 aromatic rings. The summed E-state index contributed by atoms with van der Waals surface area (Å²) in [5.74, 6) is -4.23. The van der Waals surface area contributed by atoms with Gasteiger partial charge in [0.05, 0.1) is 19.6 Å². The molecule has 0 spiro atoms. The molecular weight excluding hydrogens is 456 g/mol. The highest BCUT2D eigenvalue weighted by atomic mass is 32.1. The van der Waals surface area contributed by atoms with Crippen molar-refractivity contribution in [1.82, 2.24) is 31.9 Å². The van der Waals surface area contributed by atoms with Crippen molar-refractivity contribution in [2.45, 2.75) is 18.1 Å². The van der Waals surface area contributed by atoms with Gasteiger partial charge in [0.2, 0.25) is 35.4 Å². The summed E-state index contributed by atoms with van der Waals surface area (Å²) < 4.78 is 0. The van der Waals surface area contributed by atoms with Crippen LogP contribution in [0.5, 0.6) is 0 Å². The monoisotopic (exact) mass is 480 g/mol. The topological polar surface area (TPSA) is 175 Å². The molecule has 3 atom stereocenters. The van der Waals surface area contributed by atoms with E-state index in [1.807, 2.05) is 0 Å². The van der Waals surface area contributed by atoms with Gasteiger partial charge in [0.1, 0.15) is 18.1 Å². The highest BCUT2D eigenvalue weighted by Crippen LogP contribution is 1.93. The minimum absolute atomic E-state index is 0.0653. The van der Waals surface area contributed by atoms with Crippen molar-refractivity contribution in [2.75, 3.05) is 36.9 Å². The van der Waals surface area contributed by atoms with Crippen LogP contribution < -0.4 is 31.9 Å². The van der Waals surface area contributed by atoms with Crippen LogP contribution in [0.2, 0.25) is 0 Å². The van der Waals surface area contributed by atoms with Gasteiger partial charge in [-0.15, -0.1) is 0 Å². The van der Waals surface area contributed by atoms with Gasteiger partial charge in [-0.3, -0.25) is 28.8 Å². The molecule has 12 nitrogen and oxygen atoms in total. The van der Waals surface area contributed by atoms with E-state index in [4.69, 9.17) is 0 Å². The van der Waals surface area contributed by atoms with Gasteiger partial charge in [-0.1, -0.05) is 0 Å². The van der Waals surface area contributed by atoms with E-state index in [1.165, 1.54) is 0 Å². The molecule has 1 fully saturated rings. The Kier molecular flexibility index (Phi) is 11.4. The summed E-state index contributed by atoms with van der Waals surface area (Å²) >= 11 is 12.0. The van der Waals surface area contributed by atoms with Crippen molar-refractivity contribution >= 4 is 73.3 Å². The fourth-order valence-electron chi connectivity index (χ4n) is 2.19. The molecule has 1 saturated heterocycles. The normalized spacial score (nSPS) is 25.5. The molecule has 1 aliphatic rings. The summed E-state index contributed by atoms with van der Waals surface area (Å²) in [6, 6.07) is -3.18. The lowest BCUT2D eigenvalue weighted by Gasteiger charge is -2.20. The fraction of sp³-hybridized carbons (Fsp3) is 0.600. The molecule has 0 aromatic heterocycles. The Morgan fingerprint density at radius 3 is 0.967 bits per heavy atom. The first-order valence-electron chi connectivity index (χ1n) is 8.75. The van der Waals surface area contributed by atoms with Gasteiger partial charge in [-0.25, -0.2) is 0 Å². The van der Waals surface area contributed by atoms with Gasteiger partial charge in [0, 0.05) is 17.3 Å². The number of amides is 6. The van der Waals surface area contributed by atoms with Crippen molar-refractivity contribution in [2.24, 2.45) is 0 Å². The quantitative estimate of drug-likeness (QED) is 0.184. The zero-order valence-electron chi connectivity index (χ0n) is 15.8. The van der Waals surface area contributed by atoms with E-state index in [-0.39, 0.29) is 17.3 Å². The molecule has 1 aliphatic heterocycles. The molecule has 6 N–H and O–H groups in total. The van der Waals surface area contributed by atoms with Crippen LogP contribution >= 0.6 is 37.9 Å². The summed E-state index contributed by atoms with van der Waals surface area (Å²) in [6.45, 7) is -1.38. The van der Waals surface area contributed by atoms with Crippen LogP contribution in [0.15, 0.2) is 0 Å². The van der Waals surface area contributed by atoms with Crippen molar-refractivity contribution in [3.05, 3.63) is 0 Å². The van der Waals surface area contributed by atoms with E-state index in [1.54, 1.807) is 0 Å². The number of carbonyl (C=O) groups is 6. The van der Waals surface area contributed by atoms with Crippen molar-refractivity contribution < 1.29 is 28.8 Å². The van der Waals surface area contributed by atoms with Crippen LogP contribution in [-0.2, 0) is 28.8 Å². The molecule has 0 aliphatic carbocycles. The van der Waals surface area contributed by atoms with Crippen LogP contribution in [0.3, 0.4) is 0 Å². The Morgan fingerprint density at radius 2 is 0.767 bits per heavy atom. The van der Waals surface area contributed by atoms with E-state index in [0.717, 1.165) is 0 Å². The summed E-state index contributed by atoms with van der Waals surface area (Å²) in [5, 5.41) is 14.1. The molecule has 0 aromatic carbocycles. The summed E-state index contributed by atoms with van der Waals surface area (Å²) in [5.41, 5.74) is 0. The third kappa shape index (κ3) is 8.71. The van der Waals surface area contributed by atoms with E-state index in [9.17, 15) is 28.8 Å². The second-order valence-electron chi connectivity index (χ2n) is 6.06. The average Bonchev–Trinajstić information content (AvgIpc) is 2.73. The minimum atomic E-state index is -1.06. The Morgan fingerprint density at radius 1 is 0.533 bits per heavy atom. The molecule has 0 saturated carbocycles. The highest BCUT2D eigenvalue weighted by Gasteiger charge is 2.25. The van der Waals surface area contributed by atoms with Crippen LogP contribution in [0.1, 0.15) is 0 Å².